The lowest BCUT2D eigenvalue weighted by atomic mass is 10.3. The number of carbonyl (C=O) groups is 1. The number of hydrogen-bond acceptors (Lipinski definition) is 4. The molecule has 0 aliphatic heterocycles. The monoisotopic (exact) mass is 364 g/mol. The molecule has 0 radical (unpaired) electrons. The molecule has 2 amide bonds. The van der Waals surface area contributed by atoms with Crippen molar-refractivity contribution in [2.75, 3.05) is 18.4 Å². The molecule has 8 nitrogen and oxygen atoms in total. The lowest BCUT2D eigenvalue weighted by molar-refractivity contribution is -0.0497. The van der Waals surface area contributed by atoms with Gasteiger partial charge in [0.15, 0.2) is 5.82 Å². The summed E-state index contributed by atoms with van der Waals surface area (Å²) in [5.74, 6) is 0.448. The minimum atomic E-state index is -2.90. The van der Waals surface area contributed by atoms with Crippen LogP contribution in [0.25, 0.3) is 22.6 Å². The van der Waals surface area contributed by atoms with E-state index in [1.807, 2.05) is 13.8 Å². The van der Waals surface area contributed by atoms with Gasteiger partial charge in [0, 0.05) is 19.2 Å². The number of imidazole rings is 1. The van der Waals surface area contributed by atoms with Crippen LogP contribution in [-0.4, -0.2) is 50.8 Å². The van der Waals surface area contributed by atoms with Gasteiger partial charge in [-0.25, -0.2) is 9.78 Å². The van der Waals surface area contributed by atoms with Crippen LogP contribution in [0, 0.1) is 0 Å². The zero-order valence-corrected chi connectivity index (χ0v) is 14.2. The number of ether oxygens (including phenoxy) is 1. The summed E-state index contributed by atoms with van der Waals surface area (Å²) in [5, 5.41) is 9.51. The molecule has 138 valence electrons. The molecule has 0 saturated heterocycles. The molecule has 1 aromatic carbocycles. The summed E-state index contributed by atoms with van der Waals surface area (Å²) < 4.78 is 29.1. The smallest absolute Gasteiger partial charge is 0.387 e. The van der Waals surface area contributed by atoms with E-state index in [9.17, 15) is 13.6 Å². The fraction of sp³-hybridized carbons (Fsp3) is 0.312. The first-order valence-corrected chi connectivity index (χ1v) is 8.06. The number of halogens is 2. The molecular formula is C16H18F2N6O2. The van der Waals surface area contributed by atoms with Crippen molar-refractivity contribution in [3.63, 3.8) is 0 Å². The second-order valence-corrected chi connectivity index (χ2v) is 5.40. The number of fused-ring (bicyclic) bond motifs is 1. The zero-order valence-electron chi connectivity index (χ0n) is 14.2. The second kappa shape index (κ2) is 7.38. The van der Waals surface area contributed by atoms with Gasteiger partial charge in [-0.15, -0.1) is 0 Å². The van der Waals surface area contributed by atoms with Crippen LogP contribution in [0.2, 0.25) is 0 Å². The Kier molecular flexibility index (Phi) is 5.01. The standard InChI is InChI=1S/C16H18F2N6O2/c1-3-24(4-2)16(25)22-12-8-19-23-13(12)14-20-10-6-5-9(26-15(17)18)7-11(10)21-14/h5-8,15H,3-4H2,1-2H3,(H,19,23)(H,20,21)(H,22,25). The molecule has 2 heterocycles. The van der Waals surface area contributed by atoms with Gasteiger partial charge in [0.25, 0.3) is 0 Å². The Morgan fingerprint density at radius 1 is 1.35 bits per heavy atom. The van der Waals surface area contributed by atoms with E-state index in [-0.39, 0.29) is 11.8 Å². The van der Waals surface area contributed by atoms with Crippen LogP contribution < -0.4 is 10.1 Å². The Balaban J connectivity index is 1.88. The molecule has 0 unspecified atom stereocenters. The van der Waals surface area contributed by atoms with Crippen LogP contribution in [0.3, 0.4) is 0 Å². The van der Waals surface area contributed by atoms with Crippen LogP contribution >= 0.6 is 0 Å². The molecule has 2 aromatic heterocycles. The highest BCUT2D eigenvalue weighted by Gasteiger charge is 2.17. The van der Waals surface area contributed by atoms with Gasteiger partial charge in [0.1, 0.15) is 11.4 Å². The summed E-state index contributed by atoms with van der Waals surface area (Å²) in [5.41, 5.74) is 2.04. The van der Waals surface area contributed by atoms with E-state index in [2.05, 4.69) is 30.2 Å². The van der Waals surface area contributed by atoms with Crippen molar-refractivity contribution in [3.05, 3.63) is 24.4 Å². The van der Waals surface area contributed by atoms with Gasteiger partial charge >= 0.3 is 12.6 Å². The molecule has 3 rings (SSSR count). The summed E-state index contributed by atoms with van der Waals surface area (Å²) in [6.07, 6.45) is 1.48. The van der Waals surface area contributed by atoms with Gasteiger partial charge in [0.05, 0.1) is 22.9 Å². The molecular weight excluding hydrogens is 346 g/mol. The van der Waals surface area contributed by atoms with Crippen molar-refractivity contribution in [3.8, 4) is 17.3 Å². The molecule has 0 fully saturated rings. The predicted octanol–water partition coefficient (Wildman–Crippen LogP) is 3.43. The number of nitrogens with one attached hydrogen (secondary N) is 3. The largest absolute Gasteiger partial charge is 0.435 e. The average molecular weight is 364 g/mol. The maximum Gasteiger partial charge on any atom is 0.387 e. The Bertz CT molecular complexity index is 903. The first kappa shape index (κ1) is 17.6. The molecule has 0 spiro atoms. The summed E-state index contributed by atoms with van der Waals surface area (Å²) in [4.78, 5) is 21.3. The molecule has 0 aliphatic carbocycles. The van der Waals surface area contributed by atoms with Crippen molar-refractivity contribution in [2.24, 2.45) is 0 Å². The highest BCUT2D eigenvalue weighted by molar-refractivity contribution is 5.93. The quantitative estimate of drug-likeness (QED) is 0.624. The van der Waals surface area contributed by atoms with Crippen molar-refractivity contribution < 1.29 is 18.3 Å². The van der Waals surface area contributed by atoms with E-state index in [4.69, 9.17) is 0 Å². The van der Waals surface area contributed by atoms with E-state index in [1.165, 1.54) is 18.3 Å². The van der Waals surface area contributed by atoms with Gasteiger partial charge in [-0.05, 0) is 26.0 Å². The van der Waals surface area contributed by atoms with Crippen molar-refractivity contribution in [2.45, 2.75) is 20.5 Å². The maximum atomic E-state index is 12.3. The van der Waals surface area contributed by atoms with Crippen LogP contribution in [0.15, 0.2) is 24.4 Å². The summed E-state index contributed by atoms with van der Waals surface area (Å²) >= 11 is 0. The summed E-state index contributed by atoms with van der Waals surface area (Å²) in [6, 6.07) is 4.16. The molecule has 10 heteroatoms. The van der Waals surface area contributed by atoms with Crippen molar-refractivity contribution >= 4 is 22.8 Å². The number of amides is 2. The first-order valence-electron chi connectivity index (χ1n) is 8.06. The third kappa shape index (κ3) is 3.58. The average Bonchev–Trinajstić information content (AvgIpc) is 3.21. The SMILES string of the molecule is CCN(CC)C(=O)Nc1cn[nH]c1-c1nc2ccc(OC(F)F)cc2[nH]1. The van der Waals surface area contributed by atoms with E-state index < -0.39 is 6.61 Å². The molecule has 0 saturated carbocycles. The van der Waals surface area contributed by atoms with Crippen molar-refractivity contribution in [1.29, 1.82) is 0 Å². The third-order valence-electron chi connectivity index (χ3n) is 3.85. The van der Waals surface area contributed by atoms with Crippen LogP contribution in [0.5, 0.6) is 5.75 Å². The minimum absolute atomic E-state index is 0.0300. The molecule has 26 heavy (non-hydrogen) atoms. The fourth-order valence-electron chi connectivity index (χ4n) is 2.55. The Morgan fingerprint density at radius 2 is 2.12 bits per heavy atom. The summed E-state index contributed by atoms with van der Waals surface area (Å²) in [7, 11) is 0. The second-order valence-electron chi connectivity index (χ2n) is 5.40. The van der Waals surface area contributed by atoms with Crippen molar-refractivity contribution in [1.82, 2.24) is 25.1 Å². The van der Waals surface area contributed by atoms with Crippen LogP contribution in [0.4, 0.5) is 19.3 Å². The molecule has 0 aliphatic rings. The number of aromatic amines is 2. The lowest BCUT2D eigenvalue weighted by Crippen LogP contribution is -2.34. The Labute approximate surface area is 147 Å². The predicted molar refractivity (Wildman–Crippen MR) is 92.2 cm³/mol. The van der Waals surface area contributed by atoms with Gasteiger partial charge < -0.3 is 19.9 Å². The third-order valence-corrected chi connectivity index (χ3v) is 3.85. The number of aromatic nitrogens is 4. The number of alkyl halides is 2. The lowest BCUT2D eigenvalue weighted by Gasteiger charge is -2.18. The van der Waals surface area contributed by atoms with Gasteiger partial charge in [0.2, 0.25) is 0 Å². The number of benzene rings is 1. The van der Waals surface area contributed by atoms with E-state index in [0.29, 0.717) is 41.3 Å². The first-order chi connectivity index (χ1) is 12.5. The fourth-order valence-corrected chi connectivity index (χ4v) is 2.55. The maximum absolute atomic E-state index is 12.3. The van der Waals surface area contributed by atoms with E-state index in [0.717, 1.165) is 0 Å². The van der Waals surface area contributed by atoms with Gasteiger partial charge in [-0.1, -0.05) is 0 Å². The highest BCUT2D eigenvalue weighted by Crippen LogP contribution is 2.27. The number of hydrogen-bond donors (Lipinski definition) is 3. The van der Waals surface area contributed by atoms with Gasteiger partial charge in [-0.2, -0.15) is 13.9 Å². The van der Waals surface area contributed by atoms with E-state index >= 15 is 0 Å². The number of anilines is 1. The number of urea groups is 1. The summed E-state index contributed by atoms with van der Waals surface area (Å²) in [6.45, 7) is 2.03. The molecule has 3 N–H and O–H groups in total. The number of H-pyrrole nitrogens is 2. The Morgan fingerprint density at radius 3 is 2.81 bits per heavy atom. The normalized spacial score (nSPS) is 11.1. The molecule has 0 atom stereocenters. The number of nitrogens with zero attached hydrogens (tertiary/aromatic N) is 3. The number of carbonyl (C=O) groups excluding carboxylic acids is 1. The number of rotatable bonds is 6. The molecule has 3 aromatic rings. The topological polar surface area (TPSA) is 98.9 Å². The molecule has 0 bridgehead atoms. The van der Waals surface area contributed by atoms with Crippen LogP contribution in [0.1, 0.15) is 13.8 Å². The minimum Gasteiger partial charge on any atom is -0.435 e. The van der Waals surface area contributed by atoms with E-state index in [1.54, 1.807) is 11.0 Å². The Hall–Kier alpha value is -3.17. The van der Waals surface area contributed by atoms with Crippen LogP contribution in [-0.2, 0) is 0 Å². The van der Waals surface area contributed by atoms with Gasteiger partial charge in [-0.3, -0.25) is 5.10 Å². The highest BCUT2D eigenvalue weighted by atomic mass is 19.3. The zero-order chi connectivity index (χ0) is 18.7.